The molecular weight excluding hydrogens is 302 g/mol. The Balaban J connectivity index is 2.30. The number of nitrogens with one attached hydrogen (secondary N) is 1. The summed E-state index contributed by atoms with van der Waals surface area (Å²) >= 11 is 3.54. The second-order valence-electron chi connectivity index (χ2n) is 4.32. The van der Waals surface area contributed by atoms with Gasteiger partial charge in [0.25, 0.3) is 5.91 Å². The molecule has 19 heavy (non-hydrogen) atoms. The van der Waals surface area contributed by atoms with E-state index in [1.807, 2.05) is 55.5 Å². The molecule has 0 saturated carbocycles. The van der Waals surface area contributed by atoms with Gasteiger partial charge in [-0.1, -0.05) is 53.2 Å². The van der Waals surface area contributed by atoms with Gasteiger partial charge in [0.2, 0.25) is 0 Å². The summed E-state index contributed by atoms with van der Waals surface area (Å²) in [6.45, 7) is 2.75. The van der Waals surface area contributed by atoms with Crippen LogP contribution >= 0.6 is 15.9 Å². The summed E-state index contributed by atoms with van der Waals surface area (Å²) < 4.78 is 1.03. The number of hydrogen-bond acceptors (Lipinski definition) is 1. The molecule has 1 N–H and O–H groups in total. The molecule has 0 aliphatic rings. The number of halogens is 1. The molecule has 0 aliphatic heterocycles. The van der Waals surface area contributed by atoms with Gasteiger partial charge in [-0.25, -0.2) is 0 Å². The van der Waals surface area contributed by atoms with Crippen molar-refractivity contribution >= 4 is 21.8 Å². The molecule has 0 bridgehead atoms. The molecular formula is C16H16BrNO. The molecule has 0 unspecified atom stereocenters. The molecule has 0 aromatic heterocycles. The van der Waals surface area contributed by atoms with Gasteiger partial charge >= 0.3 is 0 Å². The summed E-state index contributed by atoms with van der Waals surface area (Å²) in [5.41, 5.74) is 2.82. The van der Waals surface area contributed by atoms with Gasteiger partial charge in [0.05, 0.1) is 0 Å². The lowest BCUT2D eigenvalue weighted by molar-refractivity contribution is 0.0953. The molecule has 0 atom stereocenters. The highest BCUT2D eigenvalue weighted by atomic mass is 79.9. The average Bonchev–Trinajstić information content (AvgIpc) is 2.45. The zero-order valence-corrected chi connectivity index (χ0v) is 12.4. The Labute approximate surface area is 122 Å². The highest BCUT2D eigenvalue weighted by Crippen LogP contribution is 2.28. The summed E-state index contributed by atoms with van der Waals surface area (Å²) in [5, 5.41) is 2.89. The van der Waals surface area contributed by atoms with E-state index in [9.17, 15) is 4.79 Å². The van der Waals surface area contributed by atoms with E-state index in [0.717, 1.165) is 22.0 Å². The van der Waals surface area contributed by atoms with Gasteiger partial charge in [0.1, 0.15) is 0 Å². The number of benzene rings is 2. The Hall–Kier alpha value is -1.61. The molecule has 3 heteroatoms. The molecule has 2 rings (SSSR count). The minimum atomic E-state index is -0.0178. The SMILES string of the molecule is CCCNC(=O)c1cccc(-c2ccccc2Br)c1. The predicted molar refractivity (Wildman–Crippen MR) is 82.2 cm³/mol. The minimum Gasteiger partial charge on any atom is -0.352 e. The lowest BCUT2D eigenvalue weighted by Crippen LogP contribution is -2.23. The quantitative estimate of drug-likeness (QED) is 0.897. The molecule has 2 nitrogen and oxygen atoms in total. The van der Waals surface area contributed by atoms with Crippen molar-refractivity contribution in [2.75, 3.05) is 6.54 Å². The van der Waals surface area contributed by atoms with Crippen LogP contribution in [0.25, 0.3) is 11.1 Å². The maximum absolute atomic E-state index is 11.9. The van der Waals surface area contributed by atoms with Crippen LogP contribution in [0.15, 0.2) is 53.0 Å². The summed E-state index contributed by atoms with van der Waals surface area (Å²) in [5.74, 6) is -0.0178. The molecule has 0 saturated heterocycles. The van der Waals surface area contributed by atoms with Gasteiger partial charge < -0.3 is 5.32 Å². The Morgan fingerprint density at radius 1 is 1.16 bits per heavy atom. The molecule has 1 amide bonds. The van der Waals surface area contributed by atoms with Crippen LogP contribution in [0.5, 0.6) is 0 Å². The fourth-order valence-electron chi connectivity index (χ4n) is 1.86. The van der Waals surface area contributed by atoms with E-state index in [0.29, 0.717) is 12.1 Å². The minimum absolute atomic E-state index is 0.0178. The highest BCUT2D eigenvalue weighted by molar-refractivity contribution is 9.10. The standard InChI is InChI=1S/C16H16BrNO/c1-2-10-18-16(19)13-7-5-6-12(11-13)14-8-3-4-9-15(14)17/h3-9,11H,2,10H2,1H3,(H,18,19). The van der Waals surface area contributed by atoms with Crippen LogP contribution in [0.2, 0.25) is 0 Å². The number of rotatable bonds is 4. The molecule has 0 aliphatic carbocycles. The fraction of sp³-hybridized carbons (Fsp3) is 0.188. The first kappa shape index (κ1) is 13.8. The van der Waals surface area contributed by atoms with Crippen LogP contribution in [0.4, 0.5) is 0 Å². The largest absolute Gasteiger partial charge is 0.352 e. The van der Waals surface area contributed by atoms with Gasteiger partial charge in [-0.3, -0.25) is 4.79 Å². The lowest BCUT2D eigenvalue weighted by Gasteiger charge is -2.08. The van der Waals surface area contributed by atoms with Crippen LogP contribution in [0.3, 0.4) is 0 Å². The van der Waals surface area contributed by atoms with Crippen LogP contribution in [-0.4, -0.2) is 12.5 Å². The second-order valence-corrected chi connectivity index (χ2v) is 5.17. The maximum atomic E-state index is 11.9. The summed E-state index contributed by atoms with van der Waals surface area (Å²) in [4.78, 5) is 11.9. The topological polar surface area (TPSA) is 29.1 Å². The van der Waals surface area contributed by atoms with Gasteiger partial charge in [0.15, 0.2) is 0 Å². The van der Waals surface area contributed by atoms with E-state index in [1.54, 1.807) is 0 Å². The van der Waals surface area contributed by atoms with Crippen molar-refractivity contribution in [2.45, 2.75) is 13.3 Å². The van der Waals surface area contributed by atoms with Gasteiger partial charge in [-0.15, -0.1) is 0 Å². The Bertz CT molecular complexity index is 580. The first-order valence-corrected chi connectivity index (χ1v) is 7.15. The zero-order chi connectivity index (χ0) is 13.7. The molecule has 2 aromatic carbocycles. The molecule has 0 spiro atoms. The molecule has 0 heterocycles. The van der Waals surface area contributed by atoms with Crippen LogP contribution in [-0.2, 0) is 0 Å². The van der Waals surface area contributed by atoms with E-state index < -0.39 is 0 Å². The van der Waals surface area contributed by atoms with Gasteiger partial charge in [-0.2, -0.15) is 0 Å². The average molecular weight is 318 g/mol. The van der Waals surface area contributed by atoms with Crippen molar-refractivity contribution in [1.82, 2.24) is 5.32 Å². The third-order valence-corrected chi connectivity index (χ3v) is 3.54. The number of carbonyl (C=O) groups excluding carboxylic acids is 1. The lowest BCUT2D eigenvalue weighted by atomic mass is 10.0. The van der Waals surface area contributed by atoms with Crippen molar-refractivity contribution in [3.8, 4) is 11.1 Å². The Morgan fingerprint density at radius 2 is 1.95 bits per heavy atom. The fourth-order valence-corrected chi connectivity index (χ4v) is 2.38. The molecule has 98 valence electrons. The van der Waals surface area contributed by atoms with Crippen molar-refractivity contribution in [3.63, 3.8) is 0 Å². The monoisotopic (exact) mass is 317 g/mol. The van der Waals surface area contributed by atoms with Crippen molar-refractivity contribution in [3.05, 3.63) is 58.6 Å². The van der Waals surface area contributed by atoms with E-state index in [2.05, 4.69) is 21.2 Å². The first-order valence-electron chi connectivity index (χ1n) is 6.35. The van der Waals surface area contributed by atoms with Crippen molar-refractivity contribution in [2.24, 2.45) is 0 Å². The van der Waals surface area contributed by atoms with Crippen LogP contribution in [0, 0.1) is 0 Å². The second kappa shape index (κ2) is 6.53. The first-order chi connectivity index (χ1) is 9.22. The van der Waals surface area contributed by atoms with E-state index >= 15 is 0 Å². The Kier molecular flexibility index (Phi) is 4.74. The predicted octanol–water partition coefficient (Wildman–Crippen LogP) is 4.26. The van der Waals surface area contributed by atoms with Crippen LogP contribution < -0.4 is 5.32 Å². The number of amides is 1. The van der Waals surface area contributed by atoms with Gasteiger partial charge in [-0.05, 0) is 35.7 Å². The third kappa shape index (κ3) is 3.44. The summed E-state index contributed by atoms with van der Waals surface area (Å²) in [6, 6.07) is 15.7. The summed E-state index contributed by atoms with van der Waals surface area (Å²) in [7, 11) is 0. The van der Waals surface area contributed by atoms with Crippen LogP contribution in [0.1, 0.15) is 23.7 Å². The highest BCUT2D eigenvalue weighted by Gasteiger charge is 2.07. The maximum Gasteiger partial charge on any atom is 0.251 e. The van der Waals surface area contributed by atoms with Gasteiger partial charge in [0, 0.05) is 16.6 Å². The summed E-state index contributed by atoms with van der Waals surface area (Å²) in [6.07, 6.45) is 0.940. The molecule has 0 radical (unpaired) electrons. The smallest absolute Gasteiger partial charge is 0.251 e. The molecule has 0 fully saturated rings. The normalized spacial score (nSPS) is 10.2. The molecule has 2 aromatic rings. The third-order valence-electron chi connectivity index (χ3n) is 2.85. The van der Waals surface area contributed by atoms with Crippen molar-refractivity contribution < 1.29 is 4.79 Å². The van der Waals surface area contributed by atoms with E-state index in [1.165, 1.54) is 0 Å². The Morgan fingerprint density at radius 3 is 2.68 bits per heavy atom. The van der Waals surface area contributed by atoms with E-state index in [-0.39, 0.29) is 5.91 Å². The zero-order valence-electron chi connectivity index (χ0n) is 10.8. The number of hydrogen-bond donors (Lipinski definition) is 1. The van der Waals surface area contributed by atoms with E-state index in [4.69, 9.17) is 0 Å². The number of carbonyl (C=O) groups is 1. The van der Waals surface area contributed by atoms with Crippen molar-refractivity contribution in [1.29, 1.82) is 0 Å².